The maximum absolute atomic E-state index is 13.4. The van der Waals surface area contributed by atoms with E-state index in [4.69, 9.17) is 9.72 Å². The van der Waals surface area contributed by atoms with Crippen molar-refractivity contribution in [1.29, 1.82) is 0 Å². The fourth-order valence-electron chi connectivity index (χ4n) is 3.69. The third kappa shape index (κ3) is 4.59. The predicted molar refractivity (Wildman–Crippen MR) is 121 cm³/mol. The summed E-state index contributed by atoms with van der Waals surface area (Å²) in [6, 6.07) is 13.5. The monoisotopic (exact) mass is 425 g/mol. The number of β-amino-alcohol motifs (C(OH)–C–C–N with tert-alkyl or cyclic N) is 1. The molecule has 158 valence electrons. The molecule has 1 N–H and O–H groups in total. The smallest absolute Gasteiger partial charge is 0.266 e. The van der Waals surface area contributed by atoms with E-state index in [1.54, 1.807) is 4.57 Å². The van der Waals surface area contributed by atoms with Gasteiger partial charge >= 0.3 is 0 Å². The van der Waals surface area contributed by atoms with Crippen LogP contribution in [0.4, 0.5) is 0 Å². The summed E-state index contributed by atoms with van der Waals surface area (Å²) in [5, 5.41) is 11.8. The Morgan fingerprint density at radius 3 is 2.73 bits per heavy atom. The van der Waals surface area contributed by atoms with Gasteiger partial charge in [-0.2, -0.15) is 0 Å². The number of para-hydroxylation sites is 1. The lowest BCUT2D eigenvalue weighted by molar-refractivity contribution is 0.0188. The minimum Gasteiger partial charge on any atom is -0.391 e. The Morgan fingerprint density at radius 1 is 1.17 bits per heavy atom. The summed E-state index contributed by atoms with van der Waals surface area (Å²) in [5.41, 5.74) is 3.52. The Labute approximate surface area is 180 Å². The number of benzene rings is 2. The van der Waals surface area contributed by atoms with Crippen LogP contribution < -0.4 is 5.56 Å². The summed E-state index contributed by atoms with van der Waals surface area (Å²) < 4.78 is 7.06. The molecule has 0 saturated carbocycles. The highest BCUT2D eigenvalue weighted by Gasteiger charge is 2.19. The van der Waals surface area contributed by atoms with Crippen LogP contribution in [0.1, 0.15) is 11.1 Å². The Kier molecular flexibility index (Phi) is 6.53. The van der Waals surface area contributed by atoms with Crippen molar-refractivity contribution in [2.45, 2.75) is 25.1 Å². The fourth-order valence-corrected chi connectivity index (χ4v) is 4.61. The number of ether oxygens (including phenoxy) is 1. The summed E-state index contributed by atoms with van der Waals surface area (Å²) in [7, 11) is 0. The lowest BCUT2D eigenvalue weighted by Gasteiger charge is -2.28. The van der Waals surface area contributed by atoms with E-state index in [1.807, 2.05) is 56.3 Å². The summed E-state index contributed by atoms with van der Waals surface area (Å²) in [6.07, 6.45) is -0.511. The topological polar surface area (TPSA) is 67.6 Å². The molecule has 30 heavy (non-hydrogen) atoms. The molecule has 0 spiro atoms. The van der Waals surface area contributed by atoms with Gasteiger partial charge in [-0.15, -0.1) is 0 Å². The Hall–Kier alpha value is -2.19. The lowest BCUT2D eigenvalue weighted by Crippen LogP contribution is -2.41. The average Bonchev–Trinajstić information content (AvgIpc) is 2.75. The molecule has 1 aliphatic heterocycles. The zero-order chi connectivity index (χ0) is 21.1. The van der Waals surface area contributed by atoms with Crippen LogP contribution in [0.3, 0.4) is 0 Å². The maximum Gasteiger partial charge on any atom is 0.266 e. The van der Waals surface area contributed by atoms with E-state index in [1.165, 1.54) is 11.8 Å². The van der Waals surface area contributed by atoms with Gasteiger partial charge in [-0.1, -0.05) is 36.0 Å². The van der Waals surface area contributed by atoms with E-state index in [2.05, 4.69) is 4.90 Å². The summed E-state index contributed by atoms with van der Waals surface area (Å²) in [4.78, 5) is 20.4. The molecule has 1 atom stereocenters. The maximum atomic E-state index is 13.4. The van der Waals surface area contributed by atoms with E-state index in [-0.39, 0.29) is 5.56 Å². The minimum atomic E-state index is -0.511. The number of hydrogen-bond acceptors (Lipinski definition) is 6. The van der Waals surface area contributed by atoms with Crippen LogP contribution in [-0.2, 0) is 4.74 Å². The second-order valence-corrected chi connectivity index (χ2v) is 8.71. The number of rotatable bonds is 6. The molecule has 0 amide bonds. The van der Waals surface area contributed by atoms with E-state index >= 15 is 0 Å². The molecule has 0 radical (unpaired) electrons. The number of aromatic nitrogens is 2. The van der Waals surface area contributed by atoms with Crippen LogP contribution in [0.15, 0.2) is 52.4 Å². The van der Waals surface area contributed by atoms with Gasteiger partial charge in [0.15, 0.2) is 5.16 Å². The van der Waals surface area contributed by atoms with Crippen molar-refractivity contribution in [1.82, 2.24) is 14.5 Å². The largest absolute Gasteiger partial charge is 0.391 e. The normalized spacial score (nSPS) is 16.1. The first kappa shape index (κ1) is 21.1. The quantitative estimate of drug-likeness (QED) is 0.484. The summed E-state index contributed by atoms with van der Waals surface area (Å²) >= 11 is 1.43. The third-order valence-corrected chi connectivity index (χ3v) is 6.41. The average molecular weight is 426 g/mol. The molecule has 3 aromatic rings. The van der Waals surface area contributed by atoms with Gasteiger partial charge in [0.25, 0.3) is 5.56 Å². The van der Waals surface area contributed by atoms with Gasteiger partial charge in [0.05, 0.1) is 35.9 Å². The molecule has 0 bridgehead atoms. The Morgan fingerprint density at radius 2 is 1.93 bits per heavy atom. The van der Waals surface area contributed by atoms with Crippen LogP contribution >= 0.6 is 11.8 Å². The van der Waals surface area contributed by atoms with Gasteiger partial charge in [-0.25, -0.2) is 4.98 Å². The van der Waals surface area contributed by atoms with Crippen molar-refractivity contribution in [3.8, 4) is 5.69 Å². The van der Waals surface area contributed by atoms with Gasteiger partial charge in [0, 0.05) is 25.4 Å². The van der Waals surface area contributed by atoms with Crippen molar-refractivity contribution in [3.05, 3.63) is 63.9 Å². The molecule has 4 rings (SSSR count). The molecule has 7 heteroatoms. The molecular formula is C23H27N3O3S. The van der Waals surface area contributed by atoms with Crippen LogP contribution in [0.25, 0.3) is 16.6 Å². The van der Waals surface area contributed by atoms with Gasteiger partial charge in [0.2, 0.25) is 0 Å². The lowest BCUT2D eigenvalue weighted by atomic mass is 10.1. The molecule has 2 heterocycles. The molecule has 1 saturated heterocycles. The second kappa shape index (κ2) is 9.31. The summed E-state index contributed by atoms with van der Waals surface area (Å²) in [6.45, 7) is 7.69. The van der Waals surface area contributed by atoms with Gasteiger partial charge in [-0.3, -0.25) is 14.3 Å². The Balaban J connectivity index is 1.67. The molecule has 1 aliphatic rings. The number of fused-ring (bicyclic) bond motifs is 1. The standard InChI is InChI=1S/C23H27N3O3S/c1-16-7-8-17(2)21(13-16)26-22(28)19-5-3-4-6-20(19)24-23(26)30-15-18(27)14-25-9-11-29-12-10-25/h3-8,13,18,27H,9-12,14-15H2,1-2H3/t18-/m0/s1. The number of aryl methyl sites for hydroxylation is 2. The van der Waals surface area contributed by atoms with Crippen molar-refractivity contribution < 1.29 is 9.84 Å². The van der Waals surface area contributed by atoms with Crippen LogP contribution in [0, 0.1) is 13.8 Å². The second-order valence-electron chi connectivity index (χ2n) is 7.72. The molecular weight excluding hydrogens is 398 g/mol. The van der Waals surface area contributed by atoms with Crippen molar-refractivity contribution in [2.24, 2.45) is 0 Å². The van der Waals surface area contributed by atoms with Crippen molar-refractivity contribution in [2.75, 3.05) is 38.6 Å². The SMILES string of the molecule is Cc1ccc(C)c(-n2c(SC[C@@H](O)CN3CCOCC3)nc3ccccc3c2=O)c1. The molecule has 1 fully saturated rings. The number of hydrogen-bond donors (Lipinski definition) is 1. The van der Waals surface area contributed by atoms with E-state index < -0.39 is 6.10 Å². The van der Waals surface area contributed by atoms with Crippen LogP contribution in [0.2, 0.25) is 0 Å². The highest BCUT2D eigenvalue weighted by Crippen LogP contribution is 2.24. The van der Waals surface area contributed by atoms with Crippen LogP contribution in [0.5, 0.6) is 0 Å². The Bertz CT molecular complexity index is 1090. The zero-order valence-corrected chi connectivity index (χ0v) is 18.2. The number of aliphatic hydroxyl groups excluding tert-OH is 1. The predicted octanol–water partition coefficient (Wildman–Crippen LogP) is 2.79. The van der Waals surface area contributed by atoms with E-state index in [0.717, 1.165) is 29.9 Å². The third-order valence-electron chi connectivity index (χ3n) is 5.33. The molecule has 0 unspecified atom stereocenters. The summed E-state index contributed by atoms with van der Waals surface area (Å²) in [5.74, 6) is 0.465. The fraction of sp³-hybridized carbons (Fsp3) is 0.391. The molecule has 1 aromatic heterocycles. The number of morpholine rings is 1. The first-order valence-electron chi connectivity index (χ1n) is 10.2. The molecule has 6 nitrogen and oxygen atoms in total. The highest BCUT2D eigenvalue weighted by molar-refractivity contribution is 7.99. The first-order valence-corrected chi connectivity index (χ1v) is 11.2. The van der Waals surface area contributed by atoms with Crippen molar-refractivity contribution >= 4 is 22.7 Å². The first-order chi connectivity index (χ1) is 14.5. The van der Waals surface area contributed by atoms with Gasteiger partial charge in [0.1, 0.15) is 0 Å². The number of thioether (sulfide) groups is 1. The van der Waals surface area contributed by atoms with Gasteiger partial charge in [-0.05, 0) is 43.2 Å². The number of nitrogens with zero attached hydrogens (tertiary/aromatic N) is 3. The molecule has 0 aliphatic carbocycles. The van der Waals surface area contributed by atoms with Gasteiger partial charge < -0.3 is 9.84 Å². The van der Waals surface area contributed by atoms with E-state index in [0.29, 0.717) is 41.6 Å². The number of aliphatic hydroxyl groups is 1. The molecule has 2 aromatic carbocycles. The van der Waals surface area contributed by atoms with Crippen LogP contribution in [-0.4, -0.2) is 64.3 Å². The van der Waals surface area contributed by atoms with Crippen molar-refractivity contribution in [3.63, 3.8) is 0 Å². The highest BCUT2D eigenvalue weighted by atomic mass is 32.2. The van der Waals surface area contributed by atoms with E-state index in [9.17, 15) is 9.90 Å². The minimum absolute atomic E-state index is 0.0838. The zero-order valence-electron chi connectivity index (χ0n) is 17.4.